The van der Waals surface area contributed by atoms with Crippen LogP contribution in [0.2, 0.25) is 0 Å². The molecule has 0 amide bonds. The van der Waals surface area contributed by atoms with Crippen LogP contribution >= 0.6 is 0 Å². The van der Waals surface area contributed by atoms with Crippen LogP contribution < -0.4 is 0 Å². The minimum absolute atomic E-state index is 0.851. The average molecular weight is 194 g/mol. The summed E-state index contributed by atoms with van der Waals surface area (Å²) in [5, 5.41) is 0. The molecule has 0 saturated heterocycles. The third-order valence-electron chi connectivity index (χ3n) is 3.48. The highest BCUT2D eigenvalue weighted by Crippen LogP contribution is 2.23. The Balaban J connectivity index is 0.000000146. The van der Waals surface area contributed by atoms with Crippen molar-refractivity contribution in [2.45, 2.75) is 70.6 Å². The van der Waals surface area contributed by atoms with Crippen molar-refractivity contribution < 1.29 is 0 Å². The Morgan fingerprint density at radius 3 is 1.29 bits per heavy atom. The van der Waals surface area contributed by atoms with Crippen molar-refractivity contribution in [3.05, 3.63) is 12.7 Å². The van der Waals surface area contributed by atoms with Crippen LogP contribution in [-0.4, -0.2) is 0 Å². The van der Waals surface area contributed by atoms with Gasteiger partial charge in [-0.05, 0) is 18.8 Å². The first-order chi connectivity index (χ1) is 6.93. The fourth-order valence-electron chi connectivity index (χ4n) is 2.43. The Hall–Kier alpha value is -0.260. The lowest BCUT2D eigenvalue weighted by atomic mass is 9.90. The van der Waals surface area contributed by atoms with Crippen LogP contribution in [0.25, 0.3) is 0 Å². The Morgan fingerprint density at radius 1 is 0.643 bits per heavy atom. The highest BCUT2D eigenvalue weighted by molar-refractivity contribution is 4.80. The van der Waals surface area contributed by atoms with Crippen LogP contribution in [0.1, 0.15) is 70.6 Å². The van der Waals surface area contributed by atoms with Crippen LogP contribution in [0.4, 0.5) is 0 Å². The van der Waals surface area contributed by atoms with Crippen molar-refractivity contribution in [2.75, 3.05) is 0 Å². The number of rotatable bonds is 1. The quantitative estimate of drug-likeness (QED) is 0.510. The van der Waals surface area contributed by atoms with E-state index in [4.69, 9.17) is 0 Å². The minimum atomic E-state index is 0.851. The van der Waals surface area contributed by atoms with Crippen molar-refractivity contribution in [1.82, 2.24) is 0 Å². The lowest BCUT2D eigenvalue weighted by Crippen LogP contribution is -2.01. The van der Waals surface area contributed by atoms with Crippen LogP contribution in [-0.2, 0) is 0 Å². The largest absolute Gasteiger partial charge is 0.103 e. The zero-order valence-electron chi connectivity index (χ0n) is 9.64. The van der Waals surface area contributed by atoms with Gasteiger partial charge in [0.25, 0.3) is 0 Å². The van der Waals surface area contributed by atoms with E-state index in [9.17, 15) is 0 Å². The van der Waals surface area contributed by atoms with Gasteiger partial charge in [0.1, 0.15) is 0 Å². The Labute approximate surface area is 89.8 Å². The third kappa shape index (κ3) is 5.47. The molecule has 2 aliphatic rings. The van der Waals surface area contributed by atoms with Gasteiger partial charge in [-0.15, -0.1) is 6.58 Å². The molecule has 0 N–H and O–H groups in total. The summed E-state index contributed by atoms with van der Waals surface area (Å²) in [6, 6.07) is 0. The summed E-state index contributed by atoms with van der Waals surface area (Å²) in [5.41, 5.74) is 0. The van der Waals surface area contributed by atoms with E-state index in [0.717, 1.165) is 5.92 Å². The van der Waals surface area contributed by atoms with E-state index in [-0.39, 0.29) is 0 Å². The van der Waals surface area contributed by atoms with Gasteiger partial charge in [-0.1, -0.05) is 63.9 Å². The highest BCUT2D eigenvalue weighted by Gasteiger charge is 2.07. The van der Waals surface area contributed by atoms with Gasteiger partial charge < -0.3 is 0 Å². The molecule has 0 unspecified atom stereocenters. The molecule has 0 nitrogen and oxygen atoms in total. The van der Waals surface area contributed by atoms with E-state index in [1.807, 2.05) is 0 Å². The van der Waals surface area contributed by atoms with Gasteiger partial charge >= 0.3 is 0 Å². The Bertz CT molecular complexity index is 115. The molecule has 2 saturated carbocycles. The van der Waals surface area contributed by atoms with Crippen molar-refractivity contribution in [3.63, 3.8) is 0 Å². The molecule has 0 heteroatoms. The smallest absolute Gasteiger partial charge is 0.0236 e. The molecular weight excluding hydrogens is 168 g/mol. The third-order valence-corrected chi connectivity index (χ3v) is 3.48. The molecule has 0 aromatic carbocycles. The first-order valence-electron chi connectivity index (χ1n) is 6.56. The lowest BCUT2D eigenvalue weighted by molar-refractivity contribution is 0.420. The van der Waals surface area contributed by atoms with Crippen LogP contribution in [0.3, 0.4) is 0 Å². The SMILES string of the molecule is C1CCCCC1.C=CC1CCCCC1. The maximum atomic E-state index is 3.78. The molecule has 0 aromatic rings. The van der Waals surface area contributed by atoms with Gasteiger partial charge in [0.2, 0.25) is 0 Å². The standard InChI is InChI=1S/C8H14.C6H12/c1-2-8-6-4-3-5-7-8;1-2-4-6-5-3-1/h2,8H,1,3-7H2;1-6H2. The molecular formula is C14H26. The lowest BCUT2D eigenvalue weighted by Gasteiger charge is -2.16. The number of hydrogen-bond acceptors (Lipinski definition) is 0. The van der Waals surface area contributed by atoms with Gasteiger partial charge in [-0.2, -0.15) is 0 Å². The normalized spacial score (nSPS) is 23.4. The molecule has 82 valence electrons. The molecule has 0 bridgehead atoms. The number of allylic oxidation sites excluding steroid dienone is 1. The van der Waals surface area contributed by atoms with E-state index in [2.05, 4.69) is 12.7 Å². The van der Waals surface area contributed by atoms with E-state index in [1.165, 1.54) is 70.6 Å². The maximum Gasteiger partial charge on any atom is -0.0236 e. The molecule has 0 aliphatic heterocycles. The van der Waals surface area contributed by atoms with Gasteiger partial charge in [0.05, 0.1) is 0 Å². The summed E-state index contributed by atoms with van der Waals surface area (Å²) in [7, 11) is 0. The van der Waals surface area contributed by atoms with Crippen molar-refractivity contribution in [2.24, 2.45) is 5.92 Å². The predicted octanol–water partition coefficient (Wildman–Crippen LogP) is 5.09. The maximum absolute atomic E-state index is 3.78. The first-order valence-corrected chi connectivity index (χ1v) is 6.56. The fourth-order valence-corrected chi connectivity index (χ4v) is 2.43. The summed E-state index contributed by atoms with van der Waals surface area (Å²) in [6.45, 7) is 3.78. The highest BCUT2D eigenvalue weighted by atomic mass is 14.1. The van der Waals surface area contributed by atoms with Crippen molar-refractivity contribution >= 4 is 0 Å². The second kappa shape index (κ2) is 8.08. The molecule has 0 spiro atoms. The molecule has 2 aliphatic carbocycles. The monoisotopic (exact) mass is 194 g/mol. The summed E-state index contributed by atoms with van der Waals surface area (Å²) in [4.78, 5) is 0. The molecule has 2 rings (SSSR count). The predicted molar refractivity (Wildman–Crippen MR) is 64.5 cm³/mol. The van der Waals surface area contributed by atoms with Crippen molar-refractivity contribution in [3.8, 4) is 0 Å². The van der Waals surface area contributed by atoms with E-state index >= 15 is 0 Å². The number of hydrogen-bond donors (Lipinski definition) is 0. The summed E-state index contributed by atoms with van der Waals surface area (Å²) in [6.07, 6.45) is 18.2. The molecule has 0 aromatic heterocycles. The van der Waals surface area contributed by atoms with Gasteiger partial charge in [0, 0.05) is 0 Å². The fraction of sp³-hybridized carbons (Fsp3) is 0.857. The Kier molecular flexibility index (Phi) is 6.82. The molecule has 0 atom stereocenters. The Morgan fingerprint density at radius 2 is 1.00 bits per heavy atom. The van der Waals surface area contributed by atoms with Crippen LogP contribution in [0, 0.1) is 5.92 Å². The second-order valence-corrected chi connectivity index (χ2v) is 4.76. The molecule has 2 fully saturated rings. The summed E-state index contributed by atoms with van der Waals surface area (Å²) >= 11 is 0. The van der Waals surface area contributed by atoms with Gasteiger partial charge in [-0.3, -0.25) is 0 Å². The first kappa shape index (κ1) is 11.8. The van der Waals surface area contributed by atoms with Gasteiger partial charge in [-0.25, -0.2) is 0 Å². The average Bonchev–Trinajstić information content (AvgIpc) is 2.33. The van der Waals surface area contributed by atoms with Gasteiger partial charge in [0.15, 0.2) is 0 Å². The molecule has 14 heavy (non-hydrogen) atoms. The van der Waals surface area contributed by atoms with Crippen molar-refractivity contribution in [1.29, 1.82) is 0 Å². The van der Waals surface area contributed by atoms with Crippen LogP contribution in [0.5, 0.6) is 0 Å². The van der Waals surface area contributed by atoms with E-state index < -0.39 is 0 Å². The second-order valence-electron chi connectivity index (χ2n) is 4.76. The van der Waals surface area contributed by atoms with E-state index in [0.29, 0.717) is 0 Å². The molecule has 0 radical (unpaired) electrons. The zero-order valence-corrected chi connectivity index (χ0v) is 9.64. The minimum Gasteiger partial charge on any atom is -0.103 e. The van der Waals surface area contributed by atoms with Crippen LogP contribution in [0.15, 0.2) is 12.7 Å². The summed E-state index contributed by atoms with van der Waals surface area (Å²) in [5.74, 6) is 0.851. The molecule has 0 heterocycles. The summed E-state index contributed by atoms with van der Waals surface area (Å²) < 4.78 is 0. The topological polar surface area (TPSA) is 0 Å². The van der Waals surface area contributed by atoms with E-state index in [1.54, 1.807) is 0 Å². The zero-order chi connectivity index (χ0) is 10.1.